The summed E-state index contributed by atoms with van der Waals surface area (Å²) in [5.74, 6) is -0.611. The Bertz CT molecular complexity index is 547. The SMILES string of the molecule is C=CCNC(=O)N[C@H]1CCCN(c2cccc(F)c2)C1=O. The maximum atomic E-state index is 13.3. The second-order valence-corrected chi connectivity index (χ2v) is 4.81. The second-order valence-electron chi connectivity index (χ2n) is 4.81. The van der Waals surface area contributed by atoms with E-state index in [1.807, 2.05) is 0 Å². The smallest absolute Gasteiger partial charge is 0.315 e. The monoisotopic (exact) mass is 291 g/mol. The molecule has 0 radical (unpaired) electrons. The van der Waals surface area contributed by atoms with Crippen LogP contribution in [0.5, 0.6) is 0 Å². The third-order valence-electron chi connectivity index (χ3n) is 3.27. The molecule has 0 bridgehead atoms. The first kappa shape index (κ1) is 15.0. The Labute approximate surface area is 122 Å². The molecule has 1 atom stereocenters. The van der Waals surface area contributed by atoms with E-state index in [0.29, 0.717) is 25.2 Å². The predicted molar refractivity (Wildman–Crippen MR) is 78.5 cm³/mol. The number of nitrogens with zero attached hydrogens (tertiary/aromatic N) is 1. The third-order valence-corrected chi connectivity index (χ3v) is 3.27. The van der Waals surface area contributed by atoms with Gasteiger partial charge in [0.05, 0.1) is 0 Å². The molecule has 1 aromatic carbocycles. The van der Waals surface area contributed by atoms with Crippen LogP contribution in [-0.2, 0) is 4.79 Å². The summed E-state index contributed by atoms with van der Waals surface area (Å²) in [5, 5.41) is 5.20. The number of rotatable bonds is 4. The Morgan fingerprint density at radius 3 is 3.05 bits per heavy atom. The van der Waals surface area contributed by atoms with Crippen LogP contribution < -0.4 is 15.5 Å². The minimum Gasteiger partial charge on any atom is -0.335 e. The maximum absolute atomic E-state index is 13.3. The van der Waals surface area contributed by atoms with E-state index in [-0.39, 0.29) is 11.7 Å². The molecule has 0 aromatic heterocycles. The number of nitrogens with one attached hydrogen (secondary N) is 2. The largest absolute Gasteiger partial charge is 0.335 e. The topological polar surface area (TPSA) is 61.4 Å². The van der Waals surface area contributed by atoms with Crippen LogP contribution in [0.3, 0.4) is 0 Å². The van der Waals surface area contributed by atoms with Gasteiger partial charge < -0.3 is 15.5 Å². The van der Waals surface area contributed by atoms with Gasteiger partial charge in [0.25, 0.3) is 0 Å². The number of carbonyl (C=O) groups is 2. The molecule has 0 aliphatic carbocycles. The summed E-state index contributed by atoms with van der Waals surface area (Å²) >= 11 is 0. The molecule has 1 saturated heterocycles. The van der Waals surface area contributed by atoms with Gasteiger partial charge in [0, 0.05) is 18.8 Å². The molecule has 5 nitrogen and oxygen atoms in total. The van der Waals surface area contributed by atoms with Gasteiger partial charge in [-0.3, -0.25) is 4.79 Å². The lowest BCUT2D eigenvalue weighted by atomic mass is 10.0. The molecule has 2 N–H and O–H groups in total. The Morgan fingerprint density at radius 1 is 1.52 bits per heavy atom. The van der Waals surface area contributed by atoms with Gasteiger partial charge >= 0.3 is 6.03 Å². The standard InChI is InChI=1S/C15H18FN3O2/c1-2-8-17-15(21)18-13-7-4-9-19(14(13)20)12-6-3-5-11(16)10-12/h2-3,5-6,10,13H,1,4,7-9H2,(H2,17,18,21)/t13-/m0/s1. The van der Waals surface area contributed by atoms with Crippen molar-refractivity contribution >= 4 is 17.6 Å². The molecule has 1 aliphatic heterocycles. The van der Waals surface area contributed by atoms with Crippen LogP contribution in [0.2, 0.25) is 0 Å². The van der Waals surface area contributed by atoms with Crippen molar-refractivity contribution < 1.29 is 14.0 Å². The highest BCUT2D eigenvalue weighted by Gasteiger charge is 2.30. The van der Waals surface area contributed by atoms with Crippen LogP contribution in [0.15, 0.2) is 36.9 Å². The summed E-state index contributed by atoms with van der Waals surface area (Å²) in [6, 6.07) is 4.89. The van der Waals surface area contributed by atoms with Crippen LogP contribution in [-0.4, -0.2) is 31.1 Å². The molecule has 1 fully saturated rings. The molecule has 3 amide bonds. The number of urea groups is 1. The zero-order valence-corrected chi connectivity index (χ0v) is 11.6. The molecular weight excluding hydrogens is 273 g/mol. The summed E-state index contributed by atoms with van der Waals surface area (Å²) in [5.41, 5.74) is 0.512. The fraction of sp³-hybridized carbons (Fsp3) is 0.333. The lowest BCUT2D eigenvalue weighted by Gasteiger charge is -2.32. The van der Waals surface area contributed by atoms with Crippen molar-refractivity contribution in [2.45, 2.75) is 18.9 Å². The molecule has 21 heavy (non-hydrogen) atoms. The molecule has 0 spiro atoms. The molecule has 1 heterocycles. The Kier molecular flexibility index (Phi) is 4.92. The highest BCUT2D eigenvalue weighted by atomic mass is 19.1. The first-order valence-electron chi connectivity index (χ1n) is 6.84. The van der Waals surface area contributed by atoms with E-state index in [2.05, 4.69) is 17.2 Å². The van der Waals surface area contributed by atoms with Crippen molar-refractivity contribution in [3.63, 3.8) is 0 Å². The van der Waals surface area contributed by atoms with E-state index in [4.69, 9.17) is 0 Å². The van der Waals surface area contributed by atoms with Gasteiger partial charge in [-0.15, -0.1) is 6.58 Å². The molecule has 0 unspecified atom stereocenters. The number of piperidine rings is 1. The van der Waals surface area contributed by atoms with Gasteiger partial charge in [-0.05, 0) is 31.0 Å². The maximum Gasteiger partial charge on any atom is 0.315 e. The van der Waals surface area contributed by atoms with Crippen molar-refractivity contribution in [1.82, 2.24) is 10.6 Å². The Morgan fingerprint density at radius 2 is 2.33 bits per heavy atom. The van der Waals surface area contributed by atoms with Crippen LogP contribution in [0.25, 0.3) is 0 Å². The average molecular weight is 291 g/mol. The summed E-state index contributed by atoms with van der Waals surface area (Å²) in [4.78, 5) is 25.5. The minimum absolute atomic E-state index is 0.222. The normalized spacial score (nSPS) is 18.2. The quantitative estimate of drug-likeness (QED) is 0.831. The fourth-order valence-electron chi connectivity index (χ4n) is 2.28. The van der Waals surface area contributed by atoms with Crippen molar-refractivity contribution in [2.24, 2.45) is 0 Å². The van der Waals surface area contributed by atoms with Crippen molar-refractivity contribution in [3.8, 4) is 0 Å². The molecule has 1 aromatic rings. The van der Waals surface area contributed by atoms with E-state index in [1.54, 1.807) is 18.2 Å². The Balaban J connectivity index is 2.04. The predicted octanol–water partition coefficient (Wildman–Crippen LogP) is 1.81. The first-order valence-corrected chi connectivity index (χ1v) is 6.84. The number of carbonyl (C=O) groups excluding carboxylic acids is 2. The second kappa shape index (κ2) is 6.88. The van der Waals surface area contributed by atoms with E-state index >= 15 is 0 Å². The summed E-state index contributed by atoms with van der Waals surface area (Å²) < 4.78 is 13.3. The molecule has 1 aliphatic rings. The van der Waals surface area contributed by atoms with Crippen LogP contribution in [0, 0.1) is 5.82 Å². The van der Waals surface area contributed by atoms with Crippen LogP contribution >= 0.6 is 0 Å². The highest BCUT2D eigenvalue weighted by Crippen LogP contribution is 2.21. The van der Waals surface area contributed by atoms with Gasteiger partial charge in [0.2, 0.25) is 5.91 Å². The number of amides is 3. The highest BCUT2D eigenvalue weighted by molar-refractivity contribution is 5.99. The van der Waals surface area contributed by atoms with Gasteiger partial charge in [-0.25, -0.2) is 9.18 Å². The minimum atomic E-state index is -0.591. The number of hydrogen-bond donors (Lipinski definition) is 2. The average Bonchev–Trinajstić information content (AvgIpc) is 2.47. The lowest BCUT2D eigenvalue weighted by Crippen LogP contribution is -2.54. The molecular formula is C15H18FN3O2. The van der Waals surface area contributed by atoms with Crippen molar-refractivity contribution in [1.29, 1.82) is 0 Å². The van der Waals surface area contributed by atoms with E-state index in [0.717, 1.165) is 6.42 Å². The molecule has 112 valence electrons. The van der Waals surface area contributed by atoms with Gasteiger partial charge in [0.15, 0.2) is 0 Å². The third kappa shape index (κ3) is 3.81. The first-order chi connectivity index (χ1) is 10.1. The fourth-order valence-corrected chi connectivity index (χ4v) is 2.28. The molecule has 0 saturated carbocycles. The van der Waals surface area contributed by atoms with Crippen LogP contribution in [0.4, 0.5) is 14.9 Å². The number of benzene rings is 1. The van der Waals surface area contributed by atoms with E-state index in [9.17, 15) is 14.0 Å². The van der Waals surface area contributed by atoms with E-state index in [1.165, 1.54) is 17.0 Å². The number of hydrogen-bond acceptors (Lipinski definition) is 2. The van der Waals surface area contributed by atoms with E-state index < -0.39 is 12.1 Å². The zero-order chi connectivity index (χ0) is 15.2. The number of halogens is 1. The van der Waals surface area contributed by atoms with Crippen LogP contribution in [0.1, 0.15) is 12.8 Å². The van der Waals surface area contributed by atoms with Crippen molar-refractivity contribution in [2.75, 3.05) is 18.0 Å². The molecule has 2 rings (SSSR count). The molecule has 6 heteroatoms. The number of anilines is 1. The van der Waals surface area contributed by atoms with Crippen molar-refractivity contribution in [3.05, 3.63) is 42.7 Å². The lowest BCUT2D eigenvalue weighted by molar-refractivity contribution is -0.121. The summed E-state index contributed by atoms with van der Waals surface area (Å²) in [6.07, 6.45) is 2.88. The van der Waals surface area contributed by atoms with Gasteiger partial charge in [0.1, 0.15) is 11.9 Å². The van der Waals surface area contributed by atoms with Gasteiger partial charge in [-0.2, -0.15) is 0 Å². The summed E-state index contributed by atoms with van der Waals surface area (Å²) in [7, 11) is 0. The van der Waals surface area contributed by atoms with Gasteiger partial charge in [-0.1, -0.05) is 12.1 Å². The Hall–Kier alpha value is -2.37. The summed E-state index contributed by atoms with van der Waals surface area (Å²) in [6.45, 7) is 4.36. The zero-order valence-electron chi connectivity index (χ0n) is 11.6.